The molecule has 2 heterocycles. The summed E-state index contributed by atoms with van der Waals surface area (Å²) in [6, 6.07) is 12.5. The second-order valence-corrected chi connectivity index (χ2v) is 6.13. The highest BCUT2D eigenvalue weighted by Crippen LogP contribution is 2.19. The van der Waals surface area contributed by atoms with E-state index in [2.05, 4.69) is 75.5 Å². The van der Waals surface area contributed by atoms with Gasteiger partial charge in [0.15, 0.2) is 0 Å². The average molecular weight is 377 g/mol. The van der Waals surface area contributed by atoms with Crippen LogP contribution in [0.2, 0.25) is 0 Å². The molecular formula is C16H16IN3. The highest BCUT2D eigenvalue weighted by atomic mass is 127. The number of aromatic nitrogens is 2. The van der Waals surface area contributed by atoms with E-state index < -0.39 is 0 Å². The molecule has 0 atom stereocenters. The highest BCUT2D eigenvalue weighted by molar-refractivity contribution is 14.1. The first-order chi connectivity index (χ1) is 9.65. The first-order valence-corrected chi connectivity index (χ1v) is 7.65. The molecule has 0 aliphatic carbocycles. The lowest BCUT2D eigenvalue weighted by atomic mass is 10.2. The van der Waals surface area contributed by atoms with Gasteiger partial charge in [-0.25, -0.2) is 4.98 Å². The molecule has 4 heteroatoms. The van der Waals surface area contributed by atoms with Gasteiger partial charge in [0.1, 0.15) is 5.65 Å². The number of hydrogen-bond donors (Lipinski definition) is 1. The third kappa shape index (κ3) is 2.52. The Labute approximate surface area is 132 Å². The molecule has 3 nitrogen and oxygen atoms in total. The molecule has 0 unspecified atom stereocenters. The summed E-state index contributed by atoms with van der Waals surface area (Å²) in [5.74, 6) is 0. The first kappa shape index (κ1) is 13.4. The second kappa shape index (κ2) is 5.44. The quantitative estimate of drug-likeness (QED) is 0.695. The van der Waals surface area contributed by atoms with Gasteiger partial charge in [-0.2, -0.15) is 0 Å². The van der Waals surface area contributed by atoms with E-state index in [0.29, 0.717) is 0 Å². The topological polar surface area (TPSA) is 29.3 Å². The molecule has 0 radical (unpaired) electrons. The number of aryl methyl sites for hydroxylation is 2. The molecular weight excluding hydrogens is 361 g/mol. The van der Waals surface area contributed by atoms with Crippen LogP contribution in [0.1, 0.15) is 17.0 Å². The van der Waals surface area contributed by atoms with Crippen LogP contribution >= 0.6 is 22.6 Å². The van der Waals surface area contributed by atoms with Crippen LogP contribution in [-0.2, 0) is 6.54 Å². The summed E-state index contributed by atoms with van der Waals surface area (Å²) >= 11 is 2.34. The smallest absolute Gasteiger partial charge is 0.137 e. The summed E-state index contributed by atoms with van der Waals surface area (Å²) in [6.07, 6.45) is 2.06. The maximum atomic E-state index is 4.58. The molecule has 3 aromatic rings. The molecule has 0 aliphatic heterocycles. The summed E-state index contributed by atoms with van der Waals surface area (Å²) < 4.78 is 3.40. The summed E-state index contributed by atoms with van der Waals surface area (Å²) in [5.41, 5.74) is 5.73. The van der Waals surface area contributed by atoms with E-state index in [4.69, 9.17) is 0 Å². The first-order valence-electron chi connectivity index (χ1n) is 6.58. The van der Waals surface area contributed by atoms with Crippen LogP contribution in [0, 0.1) is 17.4 Å². The highest BCUT2D eigenvalue weighted by Gasteiger charge is 2.08. The average Bonchev–Trinajstić information content (AvgIpc) is 2.74. The van der Waals surface area contributed by atoms with Crippen molar-refractivity contribution in [1.82, 2.24) is 9.38 Å². The molecule has 0 bridgehead atoms. The predicted octanol–water partition coefficient (Wildman–Crippen LogP) is 4.17. The Morgan fingerprint density at radius 1 is 1.20 bits per heavy atom. The molecule has 0 amide bonds. The monoisotopic (exact) mass is 377 g/mol. The van der Waals surface area contributed by atoms with Gasteiger partial charge < -0.3 is 9.72 Å². The molecule has 0 spiro atoms. The van der Waals surface area contributed by atoms with Crippen molar-refractivity contribution in [3.63, 3.8) is 0 Å². The summed E-state index contributed by atoms with van der Waals surface area (Å²) in [6.45, 7) is 4.97. The number of nitrogens with zero attached hydrogens (tertiary/aromatic N) is 2. The fraction of sp³-hybridized carbons (Fsp3) is 0.188. The van der Waals surface area contributed by atoms with E-state index in [-0.39, 0.29) is 0 Å². The number of benzene rings is 1. The van der Waals surface area contributed by atoms with E-state index in [1.165, 1.54) is 20.5 Å². The fourth-order valence-corrected chi connectivity index (χ4v) is 3.03. The van der Waals surface area contributed by atoms with E-state index in [9.17, 15) is 0 Å². The maximum absolute atomic E-state index is 4.58. The van der Waals surface area contributed by atoms with Crippen molar-refractivity contribution in [2.45, 2.75) is 20.4 Å². The van der Waals surface area contributed by atoms with Gasteiger partial charge in [0.2, 0.25) is 0 Å². The molecule has 102 valence electrons. The van der Waals surface area contributed by atoms with Gasteiger partial charge in [0, 0.05) is 15.5 Å². The van der Waals surface area contributed by atoms with Crippen molar-refractivity contribution in [2.24, 2.45) is 0 Å². The molecule has 2 aromatic heterocycles. The zero-order valence-electron chi connectivity index (χ0n) is 11.5. The van der Waals surface area contributed by atoms with Gasteiger partial charge in [-0.15, -0.1) is 0 Å². The molecule has 1 aromatic carbocycles. The van der Waals surface area contributed by atoms with Crippen LogP contribution < -0.4 is 5.32 Å². The number of imidazole rings is 1. The van der Waals surface area contributed by atoms with Crippen molar-refractivity contribution in [3.8, 4) is 0 Å². The zero-order chi connectivity index (χ0) is 14.1. The molecule has 0 saturated carbocycles. The lowest BCUT2D eigenvalue weighted by Gasteiger charge is -2.10. The molecule has 0 fully saturated rings. The van der Waals surface area contributed by atoms with Crippen molar-refractivity contribution in [2.75, 3.05) is 5.32 Å². The van der Waals surface area contributed by atoms with Gasteiger partial charge >= 0.3 is 0 Å². The molecule has 0 aliphatic rings. The summed E-state index contributed by atoms with van der Waals surface area (Å²) in [7, 11) is 0. The van der Waals surface area contributed by atoms with Crippen molar-refractivity contribution < 1.29 is 0 Å². The number of anilines is 1. The Balaban J connectivity index is 1.88. The summed E-state index contributed by atoms with van der Waals surface area (Å²) in [5, 5.41) is 3.51. The van der Waals surface area contributed by atoms with E-state index in [0.717, 1.165) is 17.9 Å². The van der Waals surface area contributed by atoms with Crippen LogP contribution in [0.15, 0.2) is 42.6 Å². The Kier molecular flexibility index (Phi) is 3.65. The van der Waals surface area contributed by atoms with Crippen LogP contribution in [0.4, 0.5) is 5.69 Å². The summed E-state index contributed by atoms with van der Waals surface area (Å²) in [4.78, 5) is 4.58. The Morgan fingerprint density at radius 2 is 2.05 bits per heavy atom. The van der Waals surface area contributed by atoms with Gasteiger partial charge in [0.05, 0.1) is 17.9 Å². The third-order valence-electron chi connectivity index (χ3n) is 3.46. The minimum absolute atomic E-state index is 0.776. The number of rotatable bonds is 3. The number of halogens is 1. The lowest BCUT2D eigenvalue weighted by Crippen LogP contribution is -2.05. The standard InChI is InChI=1S/C16H16IN3/c1-11-9-13(17)6-7-14(11)18-10-15-12(2)19-16-5-3-4-8-20(15)16/h3-9,18H,10H2,1-2H3. The van der Waals surface area contributed by atoms with Crippen molar-refractivity contribution in [3.05, 3.63) is 63.1 Å². The number of pyridine rings is 1. The Hall–Kier alpha value is -1.56. The number of fused-ring (bicyclic) bond motifs is 1. The minimum atomic E-state index is 0.776. The third-order valence-corrected chi connectivity index (χ3v) is 4.13. The van der Waals surface area contributed by atoms with Crippen LogP contribution in [0.3, 0.4) is 0 Å². The van der Waals surface area contributed by atoms with Crippen LogP contribution in [0.25, 0.3) is 5.65 Å². The predicted molar refractivity (Wildman–Crippen MR) is 91.2 cm³/mol. The SMILES string of the molecule is Cc1cc(I)ccc1NCc1c(C)nc2ccccn12. The minimum Gasteiger partial charge on any atom is -0.379 e. The Morgan fingerprint density at radius 3 is 2.85 bits per heavy atom. The van der Waals surface area contributed by atoms with Crippen LogP contribution in [-0.4, -0.2) is 9.38 Å². The Bertz CT molecular complexity index is 762. The van der Waals surface area contributed by atoms with Crippen molar-refractivity contribution >= 4 is 33.9 Å². The zero-order valence-corrected chi connectivity index (χ0v) is 13.7. The second-order valence-electron chi connectivity index (χ2n) is 4.89. The fourth-order valence-electron chi connectivity index (χ4n) is 2.38. The largest absolute Gasteiger partial charge is 0.379 e. The maximum Gasteiger partial charge on any atom is 0.137 e. The van der Waals surface area contributed by atoms with Gasteiger partial charge in [-0.1, -0.05) is 6.07 Å². The van der Waals surface area contributed by atoms with E-state index >= 15 is 0 Å². The van der Waals surface area contributed by atoms with Gasteiger partial charge in [0.25, 0.3) is 0 Å². The molecule has 20 heavy (non-hydrogen) atoms. The normalized spacial score (nSPS) is 10.9. The number of nitrogens with one attached hydrogen (secondary N) is 1. The van der Waals surface area contributed by atoms with Gasteiger partial charge in [-0.3, -0.25) is 0 Å². The molecule has 0 saturated heterocycles. The van der Waals surface area contributed by atoms with E-state index in [1.807, 2.05) is 18.2 Å². The van der Waals surface area contributed by atoms with Gasteiger partial charge in [-0.05, 0) is 72.3 Å². The van der Waals surface area contributed by atoms with Crippen LogP contribution in [0.5, 0.6) is 0 Å². The molecule has 3 rings (SSSR count). The number of hydrogen-bond acceptors (Lipinski definition) is 2. The molecule has 1 N–H and O–H groups in total. The lowest BCUT2D eigenvalue weighted by molar-refractivity contribution is 0.984. The van der Waals surface area contributed by atoms with E-state index in [1.54, 1.807) is 0 Å². The van der Waals surface area contributed by atoms with Crippen molar-refractivity contribution in [1.29, 1.82) is 0 Å².